The fourth-order valence-corrected chi connectivity index (χ4v) is 2.59. The maximum absolute atomic E-state index is 13.1. The molecule has 0 aromatic heterocycles. The molecule has 0 amide bonds. The number of hydrogen-bond acceptors (Lipinski definition) is 2. The maximum atomic E-state index is 13.1. The van der Waals surface area contributed by atoms with Gasteiger partial charge in [-0.1, -0.05) is 18.2 Å². The molecular weight excluding hydrogens is 394 g/mol. The van der Waals surface area contributed by atoms with Gasteiger partial charge in [-0.25, -0.2) is 4.39 Å². The average molecular weight is 407 g/mol. The van der Waals surface area contributed by atoms with Crippen molar-refractivity contribution in [1.29, 1.82) is 0 Å². The van der Waals surface area contributed by atoms with Crippen LogP contribution in [0, 0.1) is 9.39 Å². The van der Waals surface area contributed by atoms with E-state index in [1.165, 1.54) is 18.2 Å². The molecule has 1 unspecified atom stereocenters. The predicted molar refractivity (Wildman–Crippen MR) is 84.2 cm³/mol. The molecule has 0 fully saturated rings. The van der Waals surface area contributed by atoms with E-state index in [9.17, 15) is 13.2 Å². The molecule has 0 bridgehead atoms. The van der Waals surface area contributed by atoms with E-state index in [2.05, 4.69) is 10.1 Å². The van der Waals surface area contributed by atoms with Crippen LogP contribution in [0.25, 0.3) is 0 Å². The quantitative estimate of drug-likeness (QED) is 0.688. The number of para-hydroxylation sites is 1. The molecule has 112 valence electrons. The number of hydrogen-bond donors (Lipinski definition) is 1. The Morgan fingerprint density at radius 3 is 2.52 bits per heavy atom. The van der Waals surface area contributed by atoms with Gasteiger partial charge in [0.05, 0.1) is 6.04 Å². The third-order valence-corrected chi connectivity index (χ3v) is 3.80. The van der Waals surface area contributed by atoms with Crippen molar-refractivity contribution in [2.75, 3.05) is 5.32 Å². The number of anilines is 1. The highest BCUT2D eigenvalue weighted by atomic mass is 127. The Kier molecular flexibility index (Phi) is 5.33. The first-order chi connectivity index (χ1) is 9.97. The molecule has 21 heavy (non-hydrogen) atoms. The Morgan fingerprint density at radius 1 is 1.14 bits per heavy atom. The number of benzene rings is 2. The molecule has 2 nitrogen and oxygen atoms in total. The van der Waals surface area contributed by atoms with E-state index in [1.54, 1.807) is 24.3 Å². The van der Waals surface area contributed by atoms with Crippen LogP contribution in [0.4, 0.5) is 18.9 Å². The number of halogens is 4. The summed E-state index contributed by atoms with van der Waals surface area (Å²) in [4.78, 5) is 0. The summed E-state index contributed by atoms with van der Waals surface area (Å²) < 4.78 is 43.1. The lowest BCUT2D eigenvalue weighted by Gasteiger charge is -2.19. The van der Waals surface area contributed by atoms with Crippen LogP contribution in [0.15, 0.2) is 42.5 Å². The number of nitrogens with one attached hydrogen (secondary N) is 1. The van der Waals surface area contributed by atoms with Gasteiger partial charge >= 0.3 is 6.61 Å². The highest BCUT2D eigenvalue weighted by Gasteiger charge is 2.15. The SMILES string of the molecule is CC(Nc1ccc(F)cc1I)c1ccccc1OC(F)F. The zero-order chi connectivity index (χ0) is 15.4. The Morgan fingerprint density at radius 2 is 1.86 bits per heavy atom. The van der Waals surface area contributed by atoms with Gasteiger partial charge in [0.1, 0.15) is 11.6 Å². The van der Waals surface area contributed by atoms with Crippen LogP contribution in [-0.4, -0.2) is 6.61 Å². The van der Waals surface area contributed by atoms with Gasteiger partial charge in [-0.2, -0.15) is 8.78 Å². The third kappa shape index (κ3) is 4.26. The van der Waals surface area contributed by atoms with E-state index in [-0.39, 0.29) is 17.6 Å². The van der Waals surface area contributed by atoms with Gasteiger partial charge in [-0.3, -0.25) is 0 Å². The Bertz CT molecular complexity index is 622. The number of alkyl halides is 2. The molecule has 0 aliphatic heterocycles. The number of ether oxygens (including phenoxy) is 1. The lowest BCUT2D eigenvalue weighted by Crippen LogP contribution is -2.11. The largest absolute Gasteiger partial charge is 0.434 e. The molecule has 0 aliphatic carbocycles. The summed E-state index contributed by atoms with van der Waals surface area (Å²) in [5.74, 6) is -0.191. The van der Waals surface area contributed by atoms with Crippen LogP contribution in [0.3, 0.4) is 0 Å². The summed E-state index contributed by atoms with van der Waals surface area (Å²) in [5, 5.41) is 3.17. The molecule has 0 radical (unpaired) electrons. The summed E-state index contributed by atoms with van der Waals surface area (Å²) in [6.45, 7) is -1.04. The molecule has 6 heteroatoms. The minimum Gasteiger partial charge on any atom is -0.434 e. The molecular formula is C15H13F3INO. The summed E-state index contributed by atoms with van der Waals surface area (Å²) in [5.41, 5.74) is 1.34. The molecule has 2 rings (SSSR count). The van der Waals surface area contributed by atoms with Gasteiger partial charge in [-0.05, 0) is 53.8 Å². The normalized spacial score (nSPS) is 12.3. The highest BCUT2D eigenvalue weighted by molar-refractivity contribution is 14.1. The smallest absolute Gasteiger partial charge is 0.387 e. The Balaban J connectivity index is 2.22. The minimum absolute atomic E-state index is 0.129. The van der Waals surface area contributed by atoms with Crippen LogP contribution in [0.2, 0.25) is 0 Å². The highest BCUT2D eigenvalue weighted by Crippen LogP contribution is 2.30. The van der Waals surface area contributed by atoms with Crippen molar-refractivity contribution in [3.8, 4) is 5.75 Å². The van der Waals surface area contributed by atoms with Gasteiger partial charge in [-0.15, -0.1) is 0 Å². The second kappa shape index (κ2) is 7.02. The predicted octanol–water partition coefficient (Wildman–Crippen LogP) is 5.20. The van der Waals surface area contributed by atoms with Crippen molar-refractivity contribution in [2.45, 2.75) is 19.6 Å². The summed E-state index contributed by atoms with van der Waals surface area (Å²) in [6.07, 6.45) is 0. The van der Waals surface area contributed by atoms with Gasteiger partial charge in [0.25, 0.3) is 0 Å². The van der Waals surface area contributed by atoms with Gasteiger partial charge in [0.2, 0.25) is 0 Å². The molecule has 0 saturated carbocycles. The first kappa shape index (κ1) is 15.9. The molecule has 0 aliphatic rings. The van der Waals surface area contributed by atoms with Crippen molar-refractivity contribution in [3.05, 3.63) is 57.4 Å². The van der Waals surface area contributed by atoms with E-state index >= 15 is 0 Å². The lowest BCUT2D eigenvalue weighted by molar-refractivity contribution is -0.0505. The topological polar surface area (TPSA) is 21.3 Å². The van der Waals surface area contributed by atoms with Crippen LogP contribution in [0.5, 0.6) is 5.75 Å². The molecule has 1 atom stereocenters. The van der Waals surface area contributed by atoms with E-state index in [0.717, 1.165) is 5.69 Å². The summed E-state index contributed by atoms with van der Waals surface area (Å²) >= 11 is 2.01. The second-order valence-electron chi connectivity index (χ2n) is 4.41. The zero-order valence-electron chi connectivity index (χ0n) is 11.1. The fourth-order valence-electron chi connectivity index (χ4n) is 1.96. The Labute approximate surface area is 134 Å². The van der Waals surface area contributed by atoms with Crippen molar-refractivity contribution in [3.63, 3.8) is 0 Å². The minimum atomic E-state index is -2.87. The van der Waals surface area contributed by atoms with Crippen LogP contribution >= 0.6 is 22.6 Å². The maximum Gasteiger partial charge on any atom is 0.387 e. The van der Waals surface area contributed by atoms with Gasteiger partial charge in [0, 0.05) is 14.8 Å². The molecule has 0 saturated heterocycles. The van der Waals surface area contributed by atoms with E-state index in [1.807, 2.05) is 29.5 Å². The van der Waals surface area contributed by atoms with E-state index in [4.69, 9.17) is 0 Å². The molecule has 0 spiro atoms. The van der Waals surface area contributed by atoms with Crippen LogP contribution in [0.1, 0.15) is 18.5 Å². The van der Waals surface area contributed by atoms with Gasteiger partial charge < -0.3 is 10.1 Å². The van der Waals surface area contributed by atoms with Crippen molar-refractivity contribution in [1.82, 2.24) is 0 Å². The average Bonchev–Trinajstić information content (AvgIpc) is 2.42. The summed E-state index contributed by atoms with van der Waals surface area (Å²) in [7, 11) is 0. The zero-order valence-corrected chi connectivity index (χ0v) is 13.3. The van der Waals surface area contributed by atoms with Crippen LogP contribution < -0.4 is 10.1 Å². The van der Waals surface area contributed by atoms with Crippen molar-refractivity contribution < 1.29 is 17.9 Å². The van der Waals surface area contributed by atoms with Crippen molar-refractivity contribution >= 4 is 28.3 Å². The Hall–Kier alpha value is -1.44. The van der Waals surface area contributed by atoms with Crippen molar-refractivity contribution in [2.24, 2.45) is 0 Å². The monoisotopic (exact) mass is 407 g/mol. The first-order valence-corrected chi connectivity index (χ1v) is 7.30. The lowest BCUT2D eigenvalue weighted by atomic mass is 10.1. The fraction of sp³-hybridized carbons (Fsp3) is 0.200. The molecule has 2 aromatic carbocycles. The van der Waals surface area contributed by atoms with E-state index in [0.29, 0.717) is 9.13 Å². The first-order valence-electron chi connectivity index (χ1n) is 6.22. The molecule has 0 heterocycles. The number of rotatable bonds is 5. The second-order valence-corrected chi connectivity index (χ2v) is 5.57. The van der Waals surface area contributed by atoms with Gasteiger partial charge in [0.15, 0.2) is 0 Å². The molecule has 1 N–H and O–H groups in total. The third-order valence-electron chi connectivity index (χ3n) is 2.90. The molecule has 2 aromatic rings. The van der Waals surface area contributed by atoms with E-state index < -0.39 is 6.61 Å². The summed E-state index contributed by atoms with van der Waals surface area (Å²) in [6, 6.07) is 10.7. The van der Waals surface area contributed by atoms with Crippen LogP contribution in [-0.2, 0) is 0 Å². The standard InChI is InChI=1S/C15H13F3INO/c1-9(20-13-7-6-10(16)8-12(13)19)11-4-2-3-5-14(11)21-15(17)18/h2-9,15,20H,1H3.